The van der Waals surface area contributed by atoms with Crippen LogP contribution in [-0.4, -0.2) is 18.7 Å². The molecule has 2 aromatic carbocycles. The number of benzene rings is 2. The smallest absolute Gasteiger partial charge is 0.277 e. The number of rotatable bonds is 6. The molecule has 0 radical (unpaired) electrons. The van der Waals surface area contributed by atoms with Crippen molar-refractivity contribution in [3.05, 3.63) is 63.9 Å². The van der Waals surface area contributed by atoms with E-state index in [2.05, 4.69) is 40.3 Å². The van der Waals surface area contributed by atoms with Gasteiger partial charge in [0.25, 0.3) is 5.91 Å². The number of hydrazone groups is 1. The van der Waals surface area contributed by atoms with Crippen molar-refractivity contribution in [2.75, 3.05) is 6.61 Å². The average molecular weight is 393 g/mol. The number of carbonyl (C=O) groups excluding carboxylic acids is 1. The van der Waals surface area contributed by atoms with E-state index in [1.54, 1.807) is 12.1 Å². The minimum absolute atomic E-state index is 0.152. The Morgan fingerprint density at radius 1 is 1.29 bits per heavy atom. The average Bonchev–Trinajstić information content (AvgIpc) is 2.55. The molecule has 0 aliphatic rings. The Morgan fingerprint density at radius 3 is 2.62 bits per heavy atom. The summed E-state index contributed by atoms with van der Waals surface area (Å²) in [7, 11) is 0. The van der Waals surface area contributed by atoms with Crippen LogP contribution in [0.2, 0.25) is 0 Å². The zero-order valence-corrected chi connectivity index (χ0v) is 15.0. The highest BCUT2D eigenvalue weighted by atomic mass is 79.9. The van der Waals surface area contributed by atoms with Crippen molar-refractivity contribution in [2.45, 2.75) is 19.8 Å². The molecule has 1 N–H and O–H groups in total. The maximum Gasteiger partial charge on any atom is 0.277 e. The molecule has 6 heteroatoms. The van der Waals surface area contributed by atoms with Crippen LogP contribution in [0.5, 0.6) is 5.75 Å². The summed E-state index contributed by atoms with van der Waals surface area (Å²) in [5.41, 5.74) is 4.23. The van der Waals surface area contributed by atoms with Crippen molar-refractivity contribution in [1.82, 2.24) is 5.43 Å². The maximum absolute atomic E-state index is 12.8. The second-order valence-electron chi connectivity index (χ2n) is 5.48. The van der Waals surface area contributed by atoms with Gasteiger partial charge in [-0.05, 0) is 57.2 Å². The van der Waals surface area contributed by atoms with E-state index in [1.807, 2.05) is 18.2 Å². The van der Waals surface area contributed by atoms with E-state index in [1.165, 1.54) is 23.9 Å². The molecule has 0 heterocycles. The molecule has 4 nitrogen and oxygen atoms in total. The molecular formula is C18H18BrFN2O2. The quantitative estimate of drug-likeness (QED) is 0.590. The molecule has 2 rings (SSSR count). The Morgan fingerprint density at radius 2 is 2.00 bits per heavy atom. The number of hydrogen-bond acceptors (Lipinski definition) is 3. The fraction of sp³-hybridized carbons (Fsp3) is 0.222. The summed E-state index contributed by atoms with van der Waals surface area (Å²) >= 11 is 3.44. The summed E-state index contributed by atoms with van der Waals surface area (Å²) in [6, 6.07) is 11.5. The number of nitrogens with one attached hydrogen (secondary N) is 1. The third-order valence-corrected chi connectivity index (χ3v) is 3.87. The van der Waals surface area contributed by atoms with Crippen LogP contribution < -0.4 is 10.2 Å². The normalized spacial score (nSPS) is 11.0. The third kappa shape index (κ3) is 5.45. The number of amides is 1. The second-order valence-corrected chi connectivity index (χ2v) is 6.33. The molecule has 0 saturated heterocycles. The molecule has 0 bridgehead atoms. The molecule has 0 atom stereocenters. The van der Waals surface area contributed by atoms with Crippen LogP contribution >= 0.6 is 15.9 Å². The summed E-state index contributed by atoms with van der Waals surface area (Å²) in [6.07, 6.45) is 1.44. The van der Waals surface area contributed by atoms with Crippen LogP contribution in [0.25, 0.3) is 0 Å². The van der Waals surface area contributed by atoms with Gasteiger partial charge in [-0.25, -0.2) is 9.82 Å². The van der Waals surface area contributed by atoms with Crippen molar-refractivity contribution in [3.8, 4) is 5.75 Å². The number of nitrogens with zero attached hydrogens (tertiary/aromatic N) is 1. The van der Waals surface area contributed by atoms with E-state index >= 15 is 0 Å². The largest absolute Gasteiger partial charge is 0.483 e. The van der Waals surface area contributed by atoms with E-state index < -0.39 is 0 Å². The van der Waals surface area contributed by atoms with Crippen molar-refractivity contribution in [2.24, 2.45) is 5.10 Å². The highest BCUT2D eigenvalue weighted by Gasteiger charge is 2.07. The van der Waals surface area contributed by atoms with E-state index in [0.29, 0.717) is 17.2 Å². The molecule has 0 aromatic heterocycles. The zero-order valence-electron chi connectivity index (χ0n) is 13.4. The molecule has 0 saturated carbocycles. The van der Waals surface area contributed by atoms with Gasteiger partial charge in [-0.15, -0.1) is 0 Å². The number of carbonyl (C=O) groups is 1. The highest BCUT2D eigenvalue weighted by molar-refractivity contribution is 9.10. The SMILES string of the molecule is CC(C)c1ccc(OCC(=O)N/N=C/c2ccc(F)cc2)c(Br)c1. The van der Waals surface area contributed by atoms with Crippen LogP contribution in [0.4, 0.5) is 4.39 Å². The van der Waals surface area contributed by atoms with Crippen LogP contribution in [0.1, 0.15) is 30.9 Å². The Hall–Kier alpha value is -2.21. The molecule has 1 amide bonds. The Kier molecular flexibility index (Phi) is 6.49. The van der Waals surface area contributed by atoms with Gasteiger partial charge < -0.3 is 4.74 Å². The summed E-state index contributed by atoms with van der Waals surface area (Å²) in [6.45, 7) is 4.06. The van der Waals surface area contributed by atoms with E-state index in [0.717, 1.165) is 4.47 Å². The van der Waals surface area contributed by atoms with Crippen LogP contribution in [0, 0.1) is 5.82 Å². The molecule has 24 heavy (non-hydrogen) atoms. The molecule has 2 aromatic rings. The lowest BCUT2D eigenvalue weighted by Gasteiger charge is -2.10. The lowest BCUT2D eigenvalue weighted by molar-refractivity contribution is -0.123. The highest BCUT2D eigenvalue weighted by Crippen LogP contribution is 2.28. The molecular weight excluding hydrogens is 375 g/mol. The summed E-state index contributed by atoms with van der Waals surface area (Å²) in [4.78, 5) is 11.7. The molecule has 0 aliphatic heterocycles. The first kappa shape index (κ1) is 18.1. The number of hydrogen-bond donors (Lipinski definition) is 1. The minimum atomic E-state index is -0.381. The fourth-order valence-corrected chi connectivity index (χ4v) is 2.41. The molecule has 0 spiro atoms. The number of ether oxygens (including phenoxy) is 1. The van der Waals surface area contributed by atoms with Crippen LogP contribution in [-0.2, 0) is 4.79 Å². The van der Waals surface area contributed by atoms with E-state index in [-0.39, 0.29) is 18.3 Å². The van der Waals surface area contributed by atoms with Gasteiger partial charge in [0.15, 0.2) is 6.61 Å². The molecule has 126 valence electrons. The summed E-state index contributed by atoms with van der Waals surface area (Å²) in [5.74, 6) is 0.309. The summed E-state index contributed by atoms with van der Waals surface area (Å²) < 4.78 is 19.0. The predicted octanol–water partition coefficient (Wildman–Crippen LogP) is 4.24. The van der Waals surface area contributed by atoms with Crippen LogP contribution in [0.3, 0.4) is 0 Å². The maximum atomic E-state index is 12.8. The van der Waals surface area contributed by atoms with Gasteiger partial charge in [0.1, 0.15) is 11.6 Å². The topological polar surface area (TPSA) is 50.7 Å². The molecule has 0 fully saturated rings. The number of halogens is 2. The minimum Gasteiger partial charge on any atom is -0.483 e. The molecule has 0 aliphatic carbocycles. The first-order chi connectivity index (χ1) is 11.5. The fourth-order valence-electron chi connectivity index (χ4n) is 1.90. The Bertz CT molecular complexity index is 730. The van der Waals surface area contributed by atoms with Gasteiger partial charge in [0.05, 0.1) is 10.7 Å². The van der Waals surface area contributed by atoms with Gasteiger partial charge in [0.2, 0.25) is 0 Å². The summed E-state index contributed by atoms with van der Waals surface area (Å²) in [5, 5.41) is 3.80. The van der Waals surface area contributed by atoms with Crippen molar-refractivity contribution >= 4 is 28.1 Å². The van der Waals surface area contributed by atoms with Crippen molar-refractivity contribution in [1.29, 1.82) is 0 Å². The van der Waals surface area contributed by atoms with Gasteiger partial charge in [0, 0.05) is 0 Å². The lowest BCUT2D eigenvalue weighted by Crippen LogP contribution is -2.24. The third-order valence-electron chi connectivity index (χ3n) is 3.25. The van der Waals surface area contributed by atoms with Crippen molar-refractivity contribution < 1.29 is 13.9 Å². The van der Waals surface area contributed by atoms with Gasteiger partial charge in [-0.3, -0.25) is 4.79 Å². The van der Waals surface area contributed by atoms with Crippen molar-refractivity contribution in [3.63, 3.8) is 0 Å². The van der Waals surface area contributed by atoms with E-state index in [4.69, 9.17) is 4.74 Å². The monoisotopic (exact) mass is 392 g/mol. The second kappa shape index (κ2) is 8.59. The Balaban J connectivity index is 1.84. The Labute approximate surface area is 148 Å². The van der Waals surface area contributed by atoms with Gasteiger partial charge >= 0.3 is 0 Å². The van der Waals surface area contributed by atoms with Crippen LogP contribution in [0.15, 0.2) is 52.0 Å². The van der Waals surface area contributed by atoms with E-state index in [9.17, 15) is 9.18 Å². The lowest BCUT2D eigenvalue weighted by atomic mass is 10.0. The van der Waals surface area contributed by atoms with Gasteiger partial charge in [-0.1, -0.05) is 32.0 Å². The standard InChI is InChI=1S/C18H18BrFN2O2/c1-12(2)14-5-8-17(16(19)9-14)24-11-18(23)22-21-10-13-3-6-15(20)7-4-13/h3-10,12H,11H2,1-2H3,(H,22,23)/b21-10+. The predicted molar refractivity (Wildman–Crippen MR) is 95.9 cm³/mol. The zero-order chi connectivity index (χ0) is 17.5. The molecule has 0 unspecified atom stereocenters. The van der Waals surface area contributed by atoms with Gasteiger partial charge in [-0.2, -0.15) is 5.10 Å². The first-order valence-electron chi connectivity index (χ1n) is 7.45. The first-order valence-corrected chi connectivity index (χ1v) is 8.24.